The van der Waals surface area contributed by atoms with Gasteiger partial charge >= 0.3 is 5.69 Å². The van der Waals surface area contributed by atoms with Crippen LogP contribution in [0.1, 0.15) is 25.2 Å². The van der Waals surface area contributed by atoms with E-state index in [1.165, 1.54) is 4.57 Å². The van der Waals surface area contributed by atoms with Crippen LogP contribution in [-0.4, -0.2) is 34.7 Å². The second-order valence-corrected chi connectivity index (χ2v) is 5.27. The maximum Gasteiger partial charge on any atom is 0.348 e. The summed E-state index contributed by atoms with van der Waals surface area (Å²) in [5.41, 5.74) is 0.495. The van der Waals surface area contributed by atoms with Crippen molar-refractivity contribution in [2.75, 3.05) is 13.7 Å². The van der Waals surface area contributed by atoms with Crippen molar-refractivity contribution < 1.29 is 9.53 Å². The molecule has 0 aliphatic rings. The smallest absolute Gasteiger partial charge is 0.348 e. The molecule has 0 radical (unpaired) electrons. The number of aromatic nitrogens is 2. The largest absolute Gasteiger partial charge is 0.382 e. The zero-order valence-corrected chi connectivity index (χ0v) is 12.1. The summed E-state index contributed by atoms with van der Waals surface area (Å²) in [5, 5.41) is 2.82. The molecule has 6 heteroatoms. The number of aryl methyl sites for hydroxylation is 2. The van der Waals surface area contributed by atoms with Crippen LogP contribution in [0.2, 0.25) is 0 Å². The molecule has 0 aliphatic carbocycles. The molecule has 1 aromatic rings. The lowest BCUT2D eigenvalue weighted by molar-refractivity contribution is -0.124. The van der Waals surface area contributed by atoms with Crippen molar-refractivity contribution in [2.45, 2.75) is 39.8 Å². The molecule has 0 bridgehead atoms. The third-order valence-electron chi connectivity index (χ3n) is 2.63. The standard InChI is InChI=1S/C13H21N3O3/c1-9-6-10(2)16(12(18)14-9)7-11(17)15-13(3,4)8-19-5/h6H,7-8H2,1-5H3,(H,15,17). The number of hydrogen-bond donors (Lipinski definition) is 1. The SMILES string of the molecule is COCC(C)(C)NC(=O)Cn1c(C)cc(C)nc1=O. The Labute approximate surface area is 112 Å². The number of nitrogens with zero attached hydrogens (tertiary/aromatic N) is 2. The Morgan fingerprint density at radius 2 is 2.11 bits per heavy atom. The molecule has 0 aromatic carbocycles. The monoisotopic (exact) mass is 267 g/mol. The van der Waals surface area contributed by atoms with E-state index >= 15 is 0 Å². The van der Waals surface area contributed by atoms with Gasteiger partial charge in [-0.1, -0.05) is 0 Å². The van der Waals surface area contributed by atoms with Crippen molar-refractivity contribution in [3.63, 3.8) is 0 Å². The first kappa shape index (κ1) is 15.4. The fourth-order valence-electron chi connectivity index (χ4n) is 1.92. The Hall–Kier alpha value is -1.69. The molecule has 0 aliphatic heterocycles. The van der Waals surface area contributed by atoms with E-state index in [1.807, 2.05) is 13.8 Å². The topological polar surface area (TPSA) is 73.2 Å². The Bertz CT molecular complexity index is 520. The van der Waals surface area contributed by atoms with Gasteiger partial charge in [0.05, 0.1) is 12.1 Å². The summed E-state index contributed by atoms with van der Waals surface area (Å²) in [6.45, 7) is 7.61. The van der Waals surface area contributed by atoms with Gasteiger partial charge < -0.3 is 10.1 Å². The summed E-state index contributed by atoms with van der Waals surface area (Å²) in [6.07, 6.45) is 0. The van der Waals surface area contributed by atoms with Crippen LogP contribution in [0.3, 0.4) is 0 Å². The molecule has 1 aromatic heterocycles. The van der Waals surface area contributed by atoms with Crippen molar-refractivity contribution >= 4 is 5.91 Å². The van der Waals surface area contributed by atoms with E-state index in [2.05, 4.69) is 10.3 Å². The van der Waals surface area contributed by atoms with Crippen LogP contribution in [-0.2, 0) is 16.1 Å². The number of rotatable bonds is 5. The Morgan fingerprint density at radius 3 is 2.63 bits per heavy atom. The summed E-state index contributed by atoms with van der Waals surface area (Å²) >= 11 is 0. The van der Waals surface area contributed by atoms with Crippen molar-refractivity contribution in [3.8, 4) is 0 Å². The summed E-state index contributed by atoms with van der Waals surface area (Å²) in [7, 11) is 1.58. The van der Waals surface area contributed by atoms with Gasteiger partial charge in [-0.05, 0) is 33.8 Å². The Kier molecular flexibility index (Phi) is 4.83. The van der Waals surface area contributed by atoms with Crippen LogP contribution < -0.4 is 11.0 Å². The van der Waals surface area contributed by atoms with E-state index in [9.17, 15) is 9.59 Å². The first-order valence-corrected chi connectivity index (χ1v) is 6.10. The average molecular weight is 267 g/mol. The van der Waals surface area contributed by atoms with Crippen LogP contribution in [0.4, 0.5) is 0 Å². The highest BCUT2D eigenvalue weighted by Crippen LogP contribution is 2.03. The van der Waals surface area contributed by atoms with Gasteiger partial charge in [-0.25, -0.2) is 4.79 Å². The molecule has 106 valence electrons. The van der Waals surface area contributed by atoms with E-state index in [4.69, 9.17) is 4.74 Å². The molecule has 0 saturated heterocycles. The zero-order valence-electron chi connectivity index (χ0n) is 12.1. The molecule has 1 amide bonds. The fourth-order valence-corrected chi connectivity index (χ4v) is 1.92. The zero-order chi connectivity index (χ0) is 14.6. The number of ether oxygens (including phenoxy) is 1. The average Bonchev–Trinajstić information content (AvgIpc) is 2.22. The highest BCUT2D eigenvalue weighted by atomic mass is 16.5. The van der Waals surface area contributed by atoms with Gasteiger partial charge in [-0.15, -0.1) is 0 Å². The first-order chi connectivity index (χ1) is 8.75. The Balaban J connectivity index is 2.81. The summed E-state index contributed by atoms with van der Waals surface area (Å²) in [5.74, 6) is -0.238. The van der Waals surface area contributed by atoms with E-state index in [1.54, 1.807) is 27.0 Å². The van der Waals surface area contributed by atoms with Gasteiger partial charge in [0.15, 0.2) is 0 Å². The number of hydrogen-bond acceptors (Lipinski definition) is 4. The Morgan fingerprint density at radius 1 is 1.47 bits per heavy atom. The lowest BCUT2D eigenvalue weighted by atomic mass is 10.1. The van der Waals surface area contributed by atoms with Gasteiger partial charge in [-0.2, -0.15) is 4.98 Å². The molecule has 1 N–H and O–H groups in total. The van der Waals surface area contributed by atoms with Crippen LogP contribution in [0, 0.1) is 13.8 Å². The number of amides is 1. The number of carbonyl (C=O) groups excluding carboxylic acids is 1. The minimum Gasteiger partial charge on any atom is -0.382 e. The molecule has 0 unspecified atom stereocenters. The maximum atomic E-state index is 11.9. The highest BCUT2D eigenvalue weighted by Gasteiger charge is 2.20. The minimum absolute atomic E-state index is 0.0366. The first-order valence-electron chi connectivity index (χ1n) is 6.10. The minimum atomic E-state index is -0.471. The van der Waals surface area contributed by atoms with Crippen molar-refractivity contribution in [2.24, 2.45) is 0 Å². The predicted octanol–water partition coefficient (Wildman–Crippen LogP) is 0.401. The fraction of sp³-hybridized carbons (Fsp3) is 0.615. The molecular weight excluding hydrogens is 246 g/mol. The van der Waals surface area contributed by atoms with Crippen LogP contribution in [0.5, 0.6) is 0 Å². The quantitative estimate of drug-likeness (QED) is 0.838. The molecule has 1 heterocycles. The number of nitrogens with one attached hydrogen (secondary N) is 1. The molecule has 0 saturated carbocycles. The van der Waals surface area contributed by atoms with Gasteiger partial charge in [0, 0.05) is 18.5 Å². The van der Waals surface area contributed by atoms with Gasteiger partial charge in [-0.3, -0.25) is 9.36 Å². The van der Waals surface area contributed by atoms with Gasteiger partial charge in [0.25, 0.3) is 0 Å². The van der Waals surface area contributed by atoms with E-state index < -0.39 is 11.2 Å². The second kappa shape index (κ2) is 5.97. The second-order valence-electron chi connectivity index (χ2n) is 5.27. The van der Waals surface area contributed by atoms with Crippen molar-refractivity contribution in [1.29, 1.82) is 0 Å². The summed E-state index contributed by atoms with van der Waals surface area (Å²) in [6, 6.07) is 1.77. The summed E-state index contributed by atoms with van der Waals surface area (Å²) in [4.78, 5) is 27.5. The molecule has 6 nitrogen and oxygen atoms in total. The van der Waals surface area contributed by atoms with E-state index in [-0.39, 0.29) is 12.5 Å². The van der Waals surface area contributed by atoms with Gasteiger partial charge in [0.2, 0.25) is 5.91 Å². The predicted molar refractivity (Wildman–Crippen MR) is 72.1 cm³/mol. The molecule has 0 atom stereocenters. The van der Waals surface area contributed by atoms with Crippen LogP contribution in [0.25, 0.3) is 0 Å². The van der Waals surface area contributed by atoms with E-state index in [0.717, 1.165) is 5.69 Å². The van der Waals surface area contributed by atoms with Crippen LogP contribution >= 0.6 is 0 Å². The van der Waals surface area contributed by atoms with Crippen molar-refractivity contribution in [3.05, 3.63) is 27.9 Å². The molecular formula is C13H21N3O3. The third-order valence-corrected chi connectivity index (χ3v) is 2.63. The van der Waals surface area contributed by atoms with Gasteiger partial charge in [0.1, 0.15) is 6.54 Å². The lowest BCUT2D eigenvalue weighted by Gasteiger charge is -2.25. The number of methoxy groups -OCH3 is 1. The van der Waals surface area contributed by atoms with Crippen molar-refractivity contribution in [1.82, 2.24) is 14.9 Å². The van der Waals surface area contributed by atoms with E-state index in [0.29, 0.717) is 12.3 Å². The van der Waals surface area contributed by atoms with Crippen LogP contribution in [0.15, 0.2) is 10.9 Å². The molecule has 0 spiro atoms. The molecule has 0 fully saturated rings. The number of carbonyl (C=O) groups is 1. The summed E-state index contributed by atoms with van der Waals surface area (Å²) < 4.78 is 6.38. The maximum absolute atomic E-state index is 11.9. The highest BCUT2D eigenvalue weighted by molar-refractivity contribution is 5.76. The molecule has 1 rings (SSSR count). The normalized spacial score (nSPS) is 11.4. The third kappa shape index (κ3) is 4.48. The molecule has 19 heavy (non-hydrogen) atoms. The lowest BCUT2D eigenvalue weighted by Crippen LogP contribution is -2.48.